The van der Waals surface area contributed by atoms with Gasteiger partial charge in [0.25, 0.3) is 0 Å². The fraction of sp³-hybridized carbons (Fsp3) is 0.250. The topological polar surface area (TPSA) is 116 Å². The number of benzene rings is 3. The Morgan fingerprint density at radius 1 is 0.976 bits per heavy atom. The van der Waals surface area contributed by atoms with Crippen LogP contribution in [0.2, 0.25) is 0 Å². The molecule has 3 atom stereocenters. The van der Waals surface area contributed by atoms with Crippen LogP contribution in [0.5, 0.6) is 0 Å². The van der Waals surface area contributed by atoms with Crippen LogP contribution in [0.25, 0.3) is 10.1 Å². The fourth-order valence-corrected chi connectivity index (χ4v) is 6.84. The molecule has 0 radical (unpaired) electrons. The minimum Gasteiger partial charge on any atom is -0.480 e. The van der Waals surface area contributed by atoms with E-state index in [0.29, 0.717) is 18.5 Å². The van der Waals surface area contributed by atoms with Crippen LogP contribution in [0.15, 0.2) is 78.2 Å². The molecule has 3 aromatic carbocycles. The Bertz CT molecular complexity index is 1650. The van der Waals surface area contributed by atoms with Crippen molar-refractivity contribution in [2.24, 2.45) is 0 Å². The highest BCUT2D eigenvalue weighted by molar-refractivity contribution is 7.17. The number of hydrogen-bond acceptors (Lipinski definition) is 5. The quantitative estimate of drug-likeness (QED) is 0.301. The van der Waals surface area contributed by atoms with Crippen molar-refractivity contribution in [3.05, 3.63) is 100 Å². The van der Waals surface area contributed by atoms with Crippen LogP contribution in [0.3, 0.4) is 0 Å². The van der Waals surface area contributed by atoms with Crippen molar-refractivity contribution in [3.63, 3.8) is 0 Å². The van der Waals surface area contributed by atoms with Crippen molar-refractivity contribution >= 4 is 50.8 Å². The molecule has 9 heteroatoms. The number of carbonyl (C=O) groups is 4. The van der Waals surface area contributed by atoms with Crippen molar-refractivity contribution in [1.82, 2.24) is 10.6 Å². The molecule has 3 N–H and O–H groups in total. The first-order valence-corrected chi connectivity index (χ1v) is 14.5. The predicted octanol–water partition coefficient (Wildman–Crippen LogP) is 3.64. The van der Waals surface area contributed by atoms with Crippen LogP contribution in [0.4, 0.5) is 5.69 Å². The fourth-order valence-electron chi connectivity index (χ4n) is 5.88. The second kappa shape index (κ2) is 11.2. The molecule has 0 bridgehead atoms. The van der Waals surface area contributed by atoms with Crippen LogP contribution in [0, 0.1) is 0 Å². The minimum atomic E-state index is -1.08. The van der Waals surface area contributed by atoms with E-state index in [1.807, 2.05) is 78.2 Å². The lowest BCUT2D eigenvalue weighted by Crippen LogP contribution is -2.56. The van der Waals surface area contributed by atoms with E-state index in [9.17, 15) is 24.3 Å². The number of hydrogen-bond donors (Lipinski definition) is 3. The summed E-state index contributed by atoms with van der Waals surface area (Å²) >= 11 is 1.57. The first-order chi connectivity index (χ1) is 19.9. The number of carbonyl (C=O) groups excluding carboxylic acids is 3. The Morgan fingerprint density at radius 3 is 2.54 bits per heavy atom. The molecule has 3 amide bonds. The van der Waals surface area contributed by atoms with Gasteiger partial charge < -0.3 is 15.7 Å². The number of nitrogens with one attached hydrogen (secondary N) is 2. The van der Waals surface area contributed by atoms with Crippen LogP contribution >= 0.6 is 11.3 Å². The maximum Gasteiger partial charge on any atom is 0.327 e. The van der Waals surface area contributed by atoms with Crippen molar-refractivity contribution in [2.75, 3.05) is 4.90 Å². The van der Waals surface area contributed by atoms with Crippen molar-refractivity contribution in [3.8, 4) is 0 Å². The third-order valence-electron chi connectivity index (χ3n) is 7.85. The molecule has 0 saturated carbocycles. The Labute approximate surface area is 241 Å². The second-order valence-corrected chi connectivity index (χ2v) is 11.4. The average molecular weight is 568 g/mol. The molecule has 4 aromatic rings. The summed E-state index contributed by atoms with van der Waals surface area (Å²) in [5, 5.41) is 18.6. The zero-order valence-electron chi connectivity index (χ0n) is 22.2. The minimum absolute atomic E-state index is 0.122. The van der Waals surface area contributed by atoms with Gasteiger partial charge in [-0.2, -0.15) is 0 Å². The zero-order chi connectivity index (χ0) is 28.5. The number of para-hydroxylation sites is 1. The molecule has 0 saturated heterocycles. The van der Waals surface area contributed by atoms with E-state index in [-0.39, 0.29) is 25.2 Å². The van der Waals surface area contributed by atoms with Gasteiger partial charge in [-0.25, -0.2) is 4.79 Å². The Hall–Kier alpha value is -4.50. The van der Waals surface area contributed by atoms with Crippen molar-refractivity contribution in [1.29, 1.82) is 0 Å². The van der Waals surface area contributed by atoms with Crippen molar-refractivity contribution in [2.45, 2.75) is 50.2 Å². The molecule has 8 nitrogen and oxygen atoms in total. The normalized spacial score (nSPS) is 18.4. The standard InChI is InChI=1S/C32H29N3O5S/c36-28(17-22-18-41-27-12-5-4-11-23(22)27)33-25(15-19-7-2-1-3-8-19)30(37)34-24-14-13-20-9-6-10-21-16-26(32(39)40)35(29(20)21)31(24)38/h1-12,18,24-26H,13-17H2,(H,33,36)(H,34,37)(H,39,40)/t24-,25-,26-/m0/s1. The van der Waals surface area contributed by atoms with E-state index in [2.05, 4.69) is 10.6 Å². The number of fused-ring (bicyclic) bond motifs is 1. The summed E-state index contributed by atoms with van der Waals surface area (Å²) in [5.74, 6) is -2.29. The summed E-state index contributed by atoms with van der Waals surface area (Å²) in [6.45, 7) is 0. The number of aryl methyl sites for hydroxylation is 1. The molecular formula is C32H29N3O5S. The molecule has 1 aromatic heterocycles. The molecule has 3 heterocycles. The van der Waals surface area contributed by atoms with Crippen LogP contribution in [-0.4, -0.2) is 46.9 Å². The van der Waals surface area contributed by atoms with E-state index in [1.54, 1.807) is 11.3 Å². The molecule has 2 aliphatic rings. The summed E-state index contributed by atoms with van der Waals surface area (Å²) in [5.41, 5.74) is 4.13. The van der Waals surface area contributed by atoms with E-state index in [0.717, 1.165) is 32.3 Å². The van der Waals surface area contributed by atoms with E-state index in [4.69, 9.17) is 0 Å². The monoisotopic (exact) mass is 567 g/mol. The highest BCUT2D eigenvalue weighted by Crippen LogP contribution is 2.39. The number of aliphatic carboxylic acids is 1. The molecule has 0 unspecified atom stereocenters. The summed E-state index contributed by atoms with van der Waals surface area (Å²) < 4.78 is 1.09. The lowest BCUT2D eigenvalue weighted by atomic mass is 10.0. The molecule has 2 aliphatic heterocycles. The van der Waals surface area contributed by atoms with Gasteiger partial charge in [0, 0.05) is 17.5 Å². The first-order valence-electron chi connectivity index (χ1n) is 13.6. The number of thiophene rings is 1. The van der Waals surface area contributed by atoms with Gasteiger partial charge in [0.1, 0.15) is 18.1 Å². The highest BCUT2D eigenvalue weighted by Gasteiger charge is 2.44. The first kappa shape index (κ1) is 26.7. The summed E-state index contributed by atoms with van der Waals surface area (Å²) in [6.07, 6.45) is 1.45. The van der Waals surface area contributed by atoms with Gasteiger partial charge >= 0.3 is 5.97 Å². The van der Waals surface area contributed by atoms with Crippen LogP contribution < -0.4 is 15.5 Å². The molecule has 0 spiro atoms. The van der Waals surface area contributed by atoms with Gasteiger partial charge in [-0.3, -0.25) is 19.3 Å². The number of rotatable bonds is 8. The van der Waals surface area contributed by atoms with Gasteiger partial charge in [0.05, 0.1) is 12.1 Å². The molecule has 41 heavy (non-hydrogen) atoms. The Kier molecular flexibility index (Phi) is 7.28. The lowest BCUT2D eigenvalue weighted by Gasteiger charge is -2.27. The van der Waals surface area contributed by atoms with Gasteiger partial charge in [-0.1, -0.05) is 66.7 Å². The summed E-state index contributed by atoms with van der Waals surface area (Å²) in [6, 6.07) is 20.0. The summed E-state index contributed by atoms with van der Waals surface area (Å²) in [7, 11) is 0. The van der Waals surface area contributed by atoms with E-state index >= 15 is 0 Å². The number of amides is 3. The number of nitrogens with zero attached hydrogens (tertiary/aromatic N) is 1. The number of carboxylic acid groups (broad SMARTS) is 1. The third-order valence-corrected chi connectivity index (χ3v) is 8.87. The highest BCUT2D eigenvalue weighted by atomic mass is 32.1. The number of carboxylic acids is 1. The Balaban J connectivity index is 1.22. The molecular weight excluding hydrogens is 538 g/mol. The Morgan fingerprint density at radius 2 is 1.73 bits per heavy atom. The van der Waals surface area contributed by atoms with Gasteiger partial charge in [0.2, 0.25) is 17.7 Å². The van der Waals surface area contributed by atoms with E-state index < -0.39 is 35.9 Å². The van der Waals surface area contributed by atoms with Gasteiger partial charge in [-0.05, 0) is 51.9 Å². The molecule has 0 fully saturated rings. The summed E-state index contributed by atoms with van der Waals surface area (Å²) in [4.78, 5) is 54.1. The molecule has 208 valence electrons. The maximum absolute atomic E-state index is 13.7. The largest absolute Gasteiger partial charge is 0.480 e. The SMILES string of the molecule is O=C(Cc1csc2ccccc12)N[C@@H](Cc1ccccc1)C(=O)N[C@H]1CCc2cccc3c2N(C1=O)[C@H](C(=O)O)C3. The van der Waals surface area contributed by atoms with Gasteiger partial charge in [-0.15, -0.1) is 11.3 Å². The van der Waals surface area contributed by atoms with Crippen LogP contribution in [-0.2, 0) is 44.9 Å². The van der Waals surface area contributed by atoms with Crippen LogP contribution in [0.1, 0.15) is 28.7 Å². The lowest BCUT2D eigenvalue weighted by molar-refractivity contribution is -0.140. The van der Waals surface area contributed by atoms with E-state index in [1.165, 1.54) is 4.90 Å². The zero-order valence-corrected chi connectivity index (χ0v) is 23.0. The second-order valence-electron chi connectivity index (χ2n) is 10.5. The molecule has 6 rings (SSSR count). The van der Waals surface area contributed by atoms with Gasteiger partial charge in [0.15, 0.2) is 0 Å². The third kappa shape index (κ3) is 5.32. The smallest absolute Gasteiger partial charge is 0.327 e. The number of anilines is 1. The average Bonchev–Trinajstić information content (AvgIpc) is 3.53. The molecule has 0 aliphatic carbocycles. The van der Waals surface area contributed by atoms with Crippen molar-refractivity contribution < 1.29 is 24.3 Å². The maximum atomic E-state index is 13.7. The predicted molar refractivity (Wildman–Crippen MR) is 157 cm³/mol.